The Bertz CT molecular complexity index is 820. The number of urea groups is 1. The van der Waals surface area contributed by atoms with E-state index < -0.39 is 6.03 Å². The number of carbonyl (C=O) groups is 2. The number of nitrogens with one attached hydrogen (secondary N) is 2. The van der Waals surface area contributed by atoms with Gasteiger partial charge in [0, 0.05) is 25.2 Å². The van der Waals surface area contributed by atoms with Gasteiger partial charge in [0.15, 0.2) is 0 Å². The summed E-state index contributed by atoms with van der Waals surface area (Å²) >= 11 is 6.39. The maximum Gasteiger partial charge on any atom is 0.312 e. The number of hydrogen-bond donors (Lipinski definition) is 3. The van der Waals surface area contributed by atoms with Gasteiger partial charge in [-0.15, -0.1) is 0 Å². The number of anilines is 2. The largest absolute Gasteiger partial charge is 0.378 e. The fourth-order valence-corrected chi connectivity index (χ4v) is 3.18. The van der Waals surface area contributed by atoms with Crippen LogP contribution < -0.4 is 21.3 Å². The molecule has 0 unspecified atom stereocenters. The molecule has 0 bridgehead atoms. The molecule has 3 amide bonds. The van der Waals surface area contributed by atoms with Crippen molar-refractivity contribution in [1.82, 2.24) is 5.32 Å². The average molecular weight is 389 g/mol. The summed E-state index contributed by atoms with van der Waals surface area (Å²) in [5.74, 6) is -0.235. The first-order chi connectivity index (χ1) is 13.0. The Kier molecular flexibility index (Phi) is 6.16. The SMILES string of the molecule is NC(=O)NCc1ccc(C(=O)Nc2cccc(Cl)c2N2CCOCC2)cc1. The molecule has 0 atom stereocenters. The normalized spacial score (nSPS) is 13.9. The number of rotatable bonds is 5. The molecule has 0 aromatic heterocycles. The number of nitrogens with zero attached hydrogens (tertiary/aromatic N) is 1. The van der Waals surface area contributed by atoms with Gasteiger partial charge >= 0.3 is 6.03 Å². The summed E-state index contributed by atoms with van der Waals surface area (Å²) in [7, 11) is 0. The van der Waals surface area contributed by atoms with Crippen LogP contribution in [0.3, 0.4) is 0 Å². The Morgan fingerprint density at radius 1 is 1.11 bits per heavy atom. The molecule has 27 heavy (non-hydrogen) atoms. The molecule has 1 aliphatic rings. The van der Waals surface area contributed by atoms with Crippen molar-refractivity contribution in [3.8, 4) is 0 Å². The molecule has 3 rings (SSSR count). The Hall–Kier alpha value is -2.77. The van der Waals surface area contributed by atoms with E-state index in [9.17, 15) is 9.59 Å². The predicted molar refractivity (Wildman–Crippen MR) is 105 cm³/mol. The van der Waals surface area contributed by atoms with Gasteiger partial charge in [0.25, 0.3) is 5.91 Å². The van der Waals surface area contributed by atoms with Crippen LogP contribution in [0.5, 0.6) is 0 Å². The Labute approximate surface area is 162 Å². The number of morpholine rings is 1. The molecule has 1 saturated heterocycles. The third-order valence-corrected chi connectivity index (χ3v) is 4.55. The van der Waals surface area contributed by atoms with E-state index >= 15 is 0 Å². The lowest BCUT2D eigenvalue weighted by atomic mass is 10.1. The number of carbonyl (C=O) groups excluding carboxylic acids is 2. The van der Waals surface area contributed by atoms with Crippen molar-refractivity contribution in [1.29, 1.82) is 0 Å². The summed E-state index contributed by atoms with van der Waals surface area (Å²) in [5.41, 5.74) is 7.87. The van der Waals surface area contributed by atoms with Crippen molar-refractivity contribution < 1.29 is 14.3 Å². The van der Waals surface area contributed by atoms with Crippen molar-refractivity contribution in [2.24, 2.45) is 5.73 Å². The Balaban J connectivity index is 1.74. The zero-order chi connectivity index (χ0) is 19.2. The lowest BCUT2D eigenvalue weighted by Crippen LogP contribution is -2.37. The highest BCUT2D eigenvalue weighted by atomic mass is 35.5. The summed E-state index contributed by atoms with van der Waals surface area (Å²) in [6.45, 7) is 2.99. The first-order valence-electron chi connectivity index (χ1n) is 8.59. The fourth-order valence-electron chi connectivity index (χ4n) is 2.88. The van der Waals surface area contributed by atoms with E-state index in [1.807, 2.05) is 12.1 Å². The highest BCUT2D eigenvalue weighted by Gasteiger charge is 2.19. The third-order valence-electron chi connectivity index (χ3n) is 4.25. The molecule has 1 heterocycles. The quantitative estimate of drug-likeness (QED) is 0.733. The lowest BCUT2D eigenvalue weighted by molar-refractivity contribution is 0.102. The summed E-state index contributed by atoms with van der Waals surface area (Å²) in [4.78, 5) is 25.5. The topological polar surface area (TPSA) is 96.7 Å². The van der Waals surface area contributed by atoms with Gasteiger partial charge in [-0.05, 0) is 29.8 Å². The minimum absolute atomic E-state index is 0.235. The fraction of sp³-hybridized carbons (Fsp3) is 0.263. The van der Waals surface area contributed by atoms with Gasteiger partial charge in [0.05, 0.1) is 29.6 Å². The third kappa shape index (κ3) is 4.90. The van der Waals surface area contributed by atoms with Crippen molar-refractivity contribution >= 4 is 34.9 Å². The maximum absolute atomic E-state index is 12.7. The molecule has 8 heteroatoms. The summed E-state index contributed by atoms with van der Waals surface area (Å²) in [6.07, 6.45) is 0. The second kappa shape index (κ2) is 8.75. The van der Waals surface area contributed by atoms with E-state index in [0.29, 0.717) is 49.1 Å². The number of primary amides is 1. The summed E-state index contributed by atoms with van der Waals surface area (Å²) in [5, 5.41) is 6.03. The van der Waals surface area contributed by atoms with Crippen LogP contribution in [0.1, 0.15) is 15.9 Å². The second-order valence-electron chi connectivity index (χ2n) is 6.10. The number of amides is 3. The minimum Gasteiger partial charge on any atom is -0.378 e. The summed E-state index contributed by atoms with van der Waals surface area (Å²) < 4.78 is 5.39. The minimum atomic E-state index is -0.589. The molecule has 7 nitrogen and oxygen atoms in total. The maximum atomic E-state index is 12.7. The van der Waals surface area contributed by atoms with E-state index in [2.05, 4.69) is 15.5 Å². The molecule has 1 aliphatic heterocycles. The van der Waals surface area contributed by atoms with Crippen LogP contribution in [0.4, 0.5) is 16.2 Å². The second-order valence-corrected chi connectivity index (χ2v) is 6.51. The van der Waals surface area contributed by atoms with Crippen molar-refractivity contribution in [3.05, 3.63) is 58.6 Å². The predicted octanol–water partition coefficient (Wildman–Crippen LogP) is 2.60. The van der Waals surface area contributed by atoms with Crippen LogP contribution >= 0.6 is 11.6 Å². The highest BCUT2D eigenvalue weighted by Crippen LogP contribution is 2.34. The number of para-hydroxylation sites is 1. The van der Waals surface area contributed by atoms with E-state index in [1.54, 1.807) is 30.3 Å². The molecule has 2 aromatic carbocycles. The van der Waals surface area contributed by atoms with Gasteiger partial charge in [-0.3, -0.25) is 4.79 Å². The molecular formula is C19H21ClN4O3. The highest BCUT2D eigenvalue weighted by molar-refractivity contribution is 6.34. The van der Waals surface area contributed by atoms with Gasteiger partial charge in [-0.1, -0.05) is 29.8 Å². The molecule has 0 aliphatic carbocycles. The van der Waals surface area contributed by atoms with Crippen LogP contribution in [0, 0.1) is 0 Å². The molecular weight excluding hydrogens is 368 g/mol. The average Bonchev–Trinajstić information content (AvgIpc) is 2.67. The van der Waals surface area contributed by atoms with Gasteiger partial charge < -0.3 is 26.0 Å². The van der Waals surface area contributed by atoms with Crippen LogP contribution in [0.15, 0.2) is 42.5 Å². The Morgan fingerprint density at radius 3 is 2.48 bits per heavy atom. The van der Waals surface area contributed by atoms with Crippen LogP contribution in [0.25, 0.3) is 0 Å². The molecule has 2 aromatic rings. The monoisotopic (exact) mass is 388 g/mol. The van der Waals surface area contributed by atoms with E-state index in [1.165, 1.54) is 0 Å². The van der Waals surface area contributed by atoms with E-state index in [0.717, 1.165) is 11.3 Å². The van der Waals surface area contributed by atoms with Crippen LogP contribution in [-0.2, 0) is 11.3 Å². The number of halogens is 1. The zero-order valence-electron chi connectivity index (χ0n) is 14.7. The first-order valence-corrected chi connectivity index (χ1v) is 8.97. The lowest BCUT2D eigenvalue weighted by Gasteiger charge is -2.31. The van der Waals surface area contributed by atoms with Gasteiger partial charge in [0.2, 0.25) is 0 Å². The van der Waals surface area contributed by atoms with Crippen molar-refractivity contribution in [2.45, 2.75) is 6.54 Å². The van der Waals surface area contributed by atoms with E-state index in [-0.39, 0.29) is 5.91 Å². The van der Waals surface area contributed by atoms with Gasteiger partial charge in [0.1, 0.15) is 0 Å². The molecule has 142 valence electrons. The van der Waals surface area contributed by atoms with Crippen LogP contribution in [0.2, 0.25) is 5.02 Å². The summed E-state index contributed by atoms with van der Waals surface area (Å²) in [6, 6.07) is 11.8. The number of nitrogens with two attached hydrogens (primary N) is 1. The van der Waals surface area contributed by atoms with Crippen molar-refractivity contribution in [3.63, 3.8) is 0 Å². The smallest absolute Gasteiger partial charge is 0.312 e. The number of ether oxygens (including phenoxy) is 1. The van der Waals surface area contributed by atoms with Crippen LogP contribution in [-0.4, -0.2) is 38.2 Å². The zero-order valence-corrected chi connectivity index (χ0v) is 15.5. The standard InChI is InChI=1S/C19H21ClN4O3/c20-15-2-1-3-16(17(15)24-8-10-27-11-9-24)23-18(25)14-6-4-13(5-7-14)12-22-19(21)26/h1-7H,8-12H2,(H,23,25)(H3,21,22,26). The molecule has 0 saturated carbocycles. The van der Waals surface area contributed by atoms with Gasteiger partial charge in [-0.25, -0.2) is 4.79 Å². The van der Waals surface area contributed by atoms with E-state index in [4.69, 9.17) is 22.1 Å². The van der Waals surface area contributed by atoms with Crippen molar-refractivity contribution in [2.75, 3.05) is 36.5 Å². The molecule has 1 fully saturated rings. The molecule has 0 spiro atoms. The molecule has 4 N–H and O–H groups in total. The Morgan fingerprint density at radius 2 is 1.81 bits per heavy atom. The van der Waals surface area contributed by atoms with Gasteiger partial charge in [-0.2, -0.15) is 0 Å². The number of hydrogen-bond acceptors (Lipinski definition) is 4. The number of benzene rings is 2. The molecule has 0 radical (unpaired) electrons. The first kappa shape index (κ1) is 19.0.